The standard InChI is InChI=1S/C68H46N2S/c1-3-18-47(19-4-1)49-36-40-55(41-37-49)69(57-27-15-25-52(44-57)60-33-17-24-51-22-7-9-29-59(51)60)58-28-16-26-53(45-58)61-30-11-13-34-64(61)70(56-42-38-50(39-43-56)48-20-5-2-6-21-48)65-46-54-23-8-10-31-62(54)68-67(65)63-32-12-14-35-66(63)71-68/h1-46H. The number of rotatable bonds is 10. The highest BCUT2D eigenvalue weighted by Crippen LogP contribution is 2.50. The van der Waals surface area contributed by atoms with Gasteiger partial charge in [-0.25, -0.2) is 0 Å². The summed E-state index contributed by atoms with van der Waals surface area (Å²) in [6, 6.07) is 102. The quantitative estimate of drug-likeness (QED) is 0.135. The normalized spacial score (nSPS) is 11.4. The molecule has 0 atom stereocenters. The van der Waals surface area contributed by atoms with Crippen molar-refractivity contribution < 1.29 is 0 Å². The molecule has 13 rings (SSSR count). The number of fused-ring (bicyclic) bond motifs is 6. The van der Waals surface area contributed by atoms with Gasteiger partial charge >= 0.3 is 0 Å². The first-order chi connectivity index (χ1) is 35.2. The van der Waals surface area contributed by atoms with E-state index in [0.717, 1.165) is 45.3 Å². The molecule has 2 nitrogen and oxygen atoms in total. The van der Waals surface area contributed by atoms with Gasteiger partial charge in [-0.2, -0.15) is 0 Å². The smallest absolute Gasteiger partial charge is 0.0561 e. The Kier molecular flexibility index (Phi) is 10.8. The third-order valence-electron chi connectivity index (χ3n) is 13.8. The molecule has 0 aliphatic heterocycles. The molecule has 13 aromatic rings. The van der Waals surface area contributed by atoms with E-state index in [0.29, 0.717) is 0 Å². The Bertz CT molecular complexity index is 4040. The number of benzene rings is 12. The average Bonchev–Trinajstić information content (AvgIpc) is 3.85. The fourth-order valence-corrected chi connectivity index (χ4v) is 11.7. The lowest BCUT2D eigenvalue weighted by atomic mass is 9.97. The number of nitrogens with zero attached hydrogens (tertiary/aromatic N) is 2. The van der Waals surface area contributed by atoms with E-state index in [4.69, 9.17) is 0 Å². The SMILES string of the molecule is c1ccc(-c2ccc(N(c3cccc(-c4ccccc4N(c4ccc(-c5ccccc5)cc4)c4cc5ccccc5c5sc6ccccc6c45)c3)c3cccc(-c4cccc5ccccc45)c3)cc2)cc1. The molecule has 334 valence electrons. The Labute approximate surface area is 418 Å². The summed E-state index contributed by atoms with van der Waals surface area (Å²) in [5, 5.41) is 7.48. The second-order valence-corrected chi connectivity index (χ2v) is 19.1. The van der Waals surface area contributed by atoms with Crippen molar-refractivity contribution in [2.45, 2.75) is 0 Å². The molecule has 3 heteroatoms. The summed E-state index contributed by atoms with van der Waals surface area (Å²) < 4.78 is 2.58. The van der Waals surface area contributed by atoms with Crippen LogP contribution in [-0.2, 0) is 0 Å². The lowest BCUT2D eigenvalue weighted by molar-refractivity contribution is 1.28. The largest absolute Gasteiger partial charge is 0.310 e. The first-order valence-electron chi connectivity index (χ1n) is 24.2. The first-order valence-corrected chi connectivity index (χ1v) is 25.1. The molecule has 0 bridgehead atoms. The van der Waals surface area contributed by atoms with Crippen molar-refractivity contribution in [2.75, 3.05) is 9.80 Å². The van der Waals surface area contributed by atoms with E-state index in [9.17, 15) is 0 Å². The lowest BCUT2D eigenvalue weighted by Crippen LogP contribution is -2.12. The third kappa shape index (κ3) is 7.79. The third-order valence-corrected chi connectivity index (χ3v) is 15.0. The highest BCUT2D eigenvalue weighted by atomic mass is 32.1. The van der Waals surface area contributed by atoms with Crippen LogP contribution >= 0.6 is 11.3 Å². The Balaban J connectivity index is 0.999. The number of para-hydroxylation sites is 1. The van der Waals surface area contributed by atoms with E-state index < -0.39 is 0 Å². The Morgan fingerprint density at radius 3 is 1.39 bits per heavy atom. The molecule has 0 saturated carbocycles. The lowest BCUT2D eigenvalue weighted by Gasteiger charge is -2.30. The van der Waals surface area contributed by atoms with Gasteiger partial charge in [0.1, 0.15) is 0 Å². The maximum Gasteiger partial charge on any atom is 0.0561 e. The van der Waals surface area contributed by atoms with Crippen LogP contribution < -0.4 is 9.80 Å². The van der Waals surface area contributed by atoms with Crippen LogP contribution in [0, 0.1) is 0 Å². The van der Waals surface area contributed by atoms with Gasteiger partial charge in [0.2, 0.25) is 0 Å². The molecule has 0 unspecified atom stereocenters. The predicted octanol–water partition coefficient (Wildman–Crippen LogP) is 20.0. The summed E-state index contributed by atoms with van der Waals surface area (Å²) in [7, 11) is 0. The Morgan fingerprint density at radius 2 is 0.718 bits per heavy atom. The van der Waals surface area contributed by atoms with Gasteiger partial charge in [0, 0.05) is 48.5 Å². The Morgan fingerprint density at radius 1 is 0.254 bits per heavy atom. The predicted molar refractivity (Wildman–Crippen MR) is 305 cm³/mol. The van der Waals surface area contributed by atoms with Crippen molar-refractivity contribution in [1.82, 2.24) is 0 Å². The van der Waals surface area contributed by atoms with Crippen LogP contribution in [0.3, 0.4) is 0 Å². The van der Waals surface area contributed by atoms with E-state index in [1.165, 1.54) is 75.1 Å². The van der Waals surface area contributed by atoms with Crippen molar-refractivity contribution in [3.63, 3.8) is 0 Å². The van der Waals surface area contributed by atoms with Crippen LogP contribution in [0.25, 0.3) is 86.2 Å². The van der Waals surface area contributed by atoms with Crippen molar-refractivity contribution in [1.29, 1.82) is 0 Å². The fraction of sp³-hybridized carbons (Fsp3) is 0. The van der Waals surface area contributed by atoms with Crippen LogP contribution in [0.1, 0.15) is 0 Å². The topological polar surface area (TPSA) is 6.48 Å². The van der Waals surface area contributed by atoms with Crippen LogP contribution in [0.4, 0.5) is 34.1 Å². The number of hydrogen-bond acceptors (Lipinski definition) is 3. The van der Waals surface area contributed by atoms with Crippen molar-refractivity contribution in [3.05, 3.63) is 279 Å². The summed E-state index contributed by atoms with van der Waals surface area (Å²) in [4.78, 5) is 4.90. The van der Waals surface area contributed by atoms with Gasteiger partial charge in [0.15, 0.2) is 0 Å². The zero-order chi connectivity index (χ0) is 47.1. The molecule has 0 spiro atoms. The highest BCUT2D eigenvalue weighted by Gasteiger charge is 2.24. The minimum Gasteiger partial charge on any atom is -0.310 e. The minimum atomic E-state index is 1.07. The zero-order valence-electron chi connectivity index (χ0n) is 38.9. The zero-order valence-corrected chi connectivity index (χ0v) is 39.7. The van der Waals surface area contributed by atoms with Gasteiger partial charge in [-0.3, -0.25) is 0 Å². The second-order valence-electron chi connectivity index (χ2n) is 18.1. The molecule has 0 aliphatic rings. The molecule has 0 aliphatic carbocycles. The molecule has 0 N–H and O–H groups in total. The van der Waals surface area contributed by atoms with Gasteiger partial charge in [-0.1, -0.05) is 212 Å². The number of hydrogen-bond donors (Lipinski definition) is 0. The van der Waals surface area contributed by atoms with E-state index in [1.807, 2.05) is 11.3 Å². The molecule has 71 heavy (non-hydrogen) atoms. The number of anilines is 6. The van der Waals surface area contributed by atoms with Gasteiger partial charge < -0.3 is 9.80 Å². The highest BCUT2D eigenvalue weighted by molar-refractivity contribution is 7.26. The van der Waals surface area contributed by atoms with Crippen LogP contribution in [0.2, 0.25) is 0 Å². The molecule has 1 heterocycles. The van der Waals surface area contributed by atoms with Gasteiger partial charge in [-0.05, 0) is 127 Å². The minimum absolute atomic E-state index is 1.07. The molecular formula is C68H46N2S. The van der Waals surface area contributed by atoms with Crippen LogP contribution in [0.5, 0.6) is 0 Å². The molecule has 0 amide bonds. The summed E-state index contributed by atoms with van der Waals surface area (Å²) in [5.74, 6) is 0. The number of thiophene rings is 1. The Hall–Kier alpha value is -9.02. The maximum atomic E-state index is 2.50. The maximum absolute atomic E-state index is 2.50. The van der Waals surface area contributed by atoms with E-state index in [1.54, 1.807) is 0 Å². The summed E-state index contributed by atoms with van der Waals surface area (Å²) in [5.41, 5.74) is 15.9. The summed E-state index contributed by atoms with van der Waals surface area (Å²) in [6.07, 6.45) is 0. The van der Waals surface area contributed by atoms with Crippen LogP contribution in [0.15, 0.2) is 279 Å². The van der Waals surface area contributed by atoms with E-state index >= 15 is 0 Å². The van der Waals surface area contributed by atoms with Crippen molar-refractivity contribution >= 4 is 87.2 Å². The molecule has 12 aromatic carbocycles. The van der Waals surface area contributed by atoms with Crippen LogP contribution in [-0.4, -0.2) is 0 Å². The molecule has 1 aromatic heterocycles. The van der Waals surface area contributed by atoms with Gasteiger partial charge in [0.05, 0.1) is 11.4 Å². The monoisotopic (exact) mass is 922 g/mol. The van der Waals surface area contributed by atoms with E-state index in [-0.39, 0.29) is 0 Å². The first kappa shape index (κ1) is 42.1. The van der Waals surface area contributed by atoms with Crippen molar-refractivity contribution in [3.8, 4) is 44.5 Å². The molecule has 0 radical (unpaired) electrons. The summed E-state index contributed by atoms with van der Waals surface area (Å²) in [6.45, 7) is 0. The summed E-state index contributed by atoms with van der Waals surface area (Å²) >= 11 is 1.88. The van der Waals surface area contributed by atoms with Gasteiger partial charge in [-0.15, -0.1) is 11.3 Å². The molecular weight excluding hydrogens is 877 g/mol. The molecule has 0 fully saturated rings. The van der Waals surface area contributed by atoms with Crippen molar-refractivity contribution in [2.24, 2.45) is 0 Å². The average molecular weight is 923 g/mol. The molecule has 0 saturated heterocycles. The van der Waals surface area contributed by atoms with E-state index in [2.05, 4.69) is 289 Å². The second kappa shape index (κ2) is 18.1. The van der Waals surface area contributed by atoms with Gasteiger partial charge in [0.25, 0.3) is 0 Å². The fourth-order valence-electron chi connectivity index (χ4n) is 10.5.